The lowest BCUT2D eigenvalue weighted by Gasteiger charge is -2.08. The lowest BCUT2D eigenvalue weighted by Crippen LogP contribution is -1.95. The Labute approximate surface area is 118 Å². The van der Waals surface area contributed by atoms with Gasteiger partial charge in [-0.15, -0.1) is 6.58 Å². The third kappa shape index (κ3) is 3.05. The van der Waals surface area contributed by atoms with E-state index in [0.29, 0.717) is 5.56 Å². The zero-order chi connectivity index (χ0) is 13.8. The van der Waals surface area contributed by atoms with Gasteiger partial charge < -0.3 is 4.74 Å². The van der Waals surface area contributed by atoms with Crippen LogP contribution in [0.25, 0.3) is 11.1 Å². The van der Waals surface area contributed by atoms with Gasteiger partial charge in [0.15, 0.2) is 11.6 Å². The monoisotopic (exact) mass is 276 g/mol. The van der Waals surface area contributed by atoms with Gasteiger partial charge in [-0.05, 0) is 29.7 Å². The highest BCUT2D eigenvalue weighted by Crippen LogP contribution is 2.29. The van der Waals surface area contributed by atoms with E-state index in [-0.39, 0.29) is 18.7 Å². The lowest BCUT2D eigenvalue weighted by molar-refractivity contribution is 0.372. The molecule has 20 heavy (non-hydrogen) atoms. The first-order chi connectivity index (χ1) is 9.17. The SMILES string of the molecule is C.C=CCc1ccc(-c2ccc(OC)c(F)c2F)cc1. The first-order valence-corrected chi connectivity index (χ1v) is 5.89. The largest absolute Gasteiger partial charge is 0.494 e. The van der Waals surface area contributed by atoms with Crippen molar-refractivity contribution in [3.8, 4) is 16.9 Å². The van der Waals surface area contributed by atoms with Gasteiger partial charge in [-0.2, -0.15) is 4.39 Å². The maximum atomic E-state index is 13.9. The Bertz CT molecular complexity index is 589. The lowest BCUT2D eigenvalue weighted by atomic mass is 10.0. The maximum Gasteiger partial charge on any atom is 0.201 e. The van der Waals surface area contributed by atoms with Crippen LogP contribution in [0, 0.1) is 11.6 Å². The van der Waals surface area contributed by atoms with Crippen LogP contribution in [0.5, 0.6) is 5.75 Å². The summed E-state index contributed by atoms with van der Waals surface area (Å²) in [4.78, 5) is 0. The molecule has 0 amide bonds. The maximum absolute atomic E-state index is 13.9. The topological polar surface area (TPSA) is 9.23 Å². The van der Waals surface area contributed by atoms with Crippen molar-refractivity contribution in [2.45, 2.75) is 13.8 Å². The van der Waals surface area contributed by atoms with Crippen molar-refractivity contribution in [2.75, 3.05) is 7.11 Å². The Morgan fingerprint density at radius 3 is 2.25 bits per heavy atom. The molecule has 1 nitrogen and oxygen atoms in total. The molecule has 2 aromatic carbocycles. The number of ether oxygens (including phenoxy) is 1. The van der Waals surface area contributed by atoms with Crippen LogP contribution in [0.3, 0.4) is 0 Å². The number of hydrogen-bond acceptors (Lipinski definition) is 1. The van der Waals surface area contributed by atoms with Gasteiger partial charge in [-0.1, -0.05) is 37.8 Å². The number of methoxy groups -OCH3 is 1. The number of benzene rings is 2. The number of rotatable bonds is 4. The summed E-state index contributed by atoms with van der Waals surface area (Å²) in [5.74, 6) is -1.95. The summed E-state index contributed by atoms with van der Waals surface area (Å²) in [6.07, 6.45) is 2.54. The second kappa shape index (κ2) is 6.85. The minimum absolute atomic E-state index is 0. The standard InChI is InChI=1S/C16H14F2O.CH4/c1-3-4-11-5-7-12(8-6-11)13-9-10-14(19-2)16(18)15(13)17;/h3,5-10H,1,4H2,2H3;1H4. The van der Waals surface area contributed by atoms with Crippen molar-refractivity contribution in [1.82, 2.24) is 0 Å². The molecule has 2 rings (SSSR count). The molecule has 2 aromatic rings. The van der Waals surface area contributed by atoms with Gasteiger partial charge >= 0.3 is 0 Å². The molecule has 0 heterocycles. The van der Waals surface area contributed by atoms with Crippen LogP contribution in [0.4, 0.5) is 8.78 Å². The van der Waals surface area contributed by atoms with Crippen molar-refractivity contribution in [3.63, 3.8) is 0 Å². The average molecular weight is 276 g/mol. The van der Waals surface area contributed by atoms with Crippen LogP contribution in [0.1, 0.15) is 13.0 Å². The molecule has 0 unspecified atom stereocenters. The van der Waals surface area contributed by atoms with Crippen molar-refractivity contribution >= 4 is 0 Å². The Balaban J connectivity index is 0.00000200. The summed E-state index contributed by atoms with van der Waals surface area (Å²) in [6.45, 7) is 3.66. The van der Waals surface area contributed by atoms with Crippen LogP contribution < -0.4 is 4.74 Å². The minimum Gasteiger partial charge on any atom is -0.494 e. The van der Waals surface area contributed by atoms with E-state index < -0.39 is 11.6 Å². The van der Waals surface area contributed by atoms with E-state index in [1.54, 1.807) is 18.2 Å². The molecule has 0 aliphatic heterocycles. The molecule has 0 saturated heterocycles. The van der Waals surface area contributed by atoms with Crippen molar-refractivity contribution in [1.29, 1.82) is 0 Å². The van der Waals surface area contributed by atoms with E-state index in [4.69, 9.17) is 4.74 Å². The first kappa shape index (κ1) is 15.9. The van der Waals surface area contributed by atoms with Gasteiger partial charge in [0.2, 0.25) is 5.82 Å². The minimum atomic E-state index is -0.963. The molecular formula is C17H18F2O. The fraction of sp³-hybridized carbons (Fsp3) is 0.176. The third-order valence-corrected chi connectivity index (χ3v) is 2.91. The molecule has 0 N–H and O–H groups in total. The van der Waals surface area contributed by atoms with Gasteiger partial charge in [0.05, 0.1) is 7.11 Å². The molecule has 0 aliphatic rings. The molecule has 0 spiro atoms. The summed E-state index contributed by atoms with van der Waals surface area (Å²) in [7, 11) is 1.31. The van der Waals surface area contributed by atoms with Crippen molar-refractivity contribution in [2.24, 2.45) is 0 Å². The summed E-state index contributed by atoms with van der Waals surface area (Å²) in [5.41, 5.74) is 1.93. The molecule has 0 atom stereocenters. The fourth-order valence-corrected chi connectivity index (χ4v) is 1.90. The first-order valence-electron chi connectivity index (χ1n) is 5.89. The summed E-state index contributed by atoms with van der Waals surface area (Å²) in [6, 6.07) is 10.2. The van der Waals surface area contributed by atoms with Gasteiger partial charge in [0.25, 0.3) is 0 Å². The molecule has 0 radical (unpaired) electrons. The van der Waals surface area contributed by atoms with E-state index in [1.165, 1.54) is 19.2 Å². The number of allylic oxidation sites excluding steroid dienone is 1. The Morgan fingerprint density at radius 1 is 1.05 bits per heavy atom. The van der Waals surface area contributed by atoms with E-state index in [1.807, 2.05) is 12.1 Å². The quantitative estimate of drug-likeness (QED) is 0.714. The zero-order valence-corrected chi connectivity index (χ0v) is 10.6. The van der Waals surface area contributed by atoms with Gasteiger partial charge in [0.1, 0.15) is 0 Å². The fourth-order valence-electron chi connectivity index (χ4n) is 1.90. The van der Waals surface area contributed by atoms with Crippen LogP contribution in [0.15, 0.2) is 49.1 Å². The smallest absolute Gasteiger partial charge is 0.201 e. The molecule has 0 aliphatic carbocycles. The third-order valence-electron chi connectivity index (χ3n) is 2.91. The molecule has 0 fully saturated rings. The average Bonchev–Trinajstić information content (AvgIpc) is 2.43. The summed E-state index contributed by atoms with van der Waals surface area (Å²) < 4.78 is 32.3. The van der Waals surface area contributed by atoms with Crippen LogP contribution in [-0.4, -0.2) is 7.11 Å². The molecular weight excluding hydrogens is 258 g/mol. The highest BCUT2D eigenvalue weighted by Gasteiger charge is 2.14. The molecule has 106 valence electrons. The highest BCUT2D eigenvalue weighted by molar-refractivity contribution is 5.65. The Hall–Kier alpha value is -2.16. The molecule has 0 saturated carbocycles. The highest BCUT2D eigenvalue weighted by atomic mass is 19.2. The summed E-state index contributed by atoms with van der Waals surface area (Å²) >= 11 is 0. The number of halogens is 2. The Morgan fingerprint density at radius 2 is 1.70 bits per heavy atom. The second-order valence-electron chi connectivity index (χ2n) is 4.13. The van der Waals surface area contributed by atoms with Crippen molar-refractivity contribution < 1.29 is 13.5 Å². The Kier molecular flexibility index (Phi) is 5.44. The van der Waals surface area contributed by atoms with E-state index in [0.717, 1.165) is 12.0 Å². The molecule has 0 bridgehead atoms. The van der Waals surface area contributed by atoms with E-state index >= 15 is 0 Å². The van der Waals surface area contributed by atoms with Crippen LogP contribution in [-0.2, 0) is 6.42 Å². The predicted molar refractivity (Wildman–Crippen MR) is 79.0 cm³/mol. The normalized spacial score (nSPS) is 9.75. The summed E-state index contributed by atoms with van der Waals surface area (Å²) in [5, 5.41) is 0. The molecule has 3 heteroatoms. The second-order valence-corrected chi connectivity index (χ2v) is 4.13. The zero-order valence-electron chi connectivity index (χ0n) is 10.6. The van der Waals surface area contributed by atoms with Gasteiger partial charge in [-0.3, -0.25) is 0 Å². The number of hydrogen-bond donors (Lipinski definition) is 0. The molecule has 0 aromatic heterocycles. The van der Waals surface area contributed by atoms with E-state index in [2.05, 4.69) is 6.58 Å². The van der Waals surface area contributed by atoms with Crippen LogP contribution >= 0.6 is 0 Å². The van der Waals surface area contributed by atoms with Crippen LogP contribution in [0.2, 0.25) is 0 Å². The predicted octanol–water partition coefficient (Wildman–Crippen LogP) is 5.01. The van der Waals surface area contributed by atoms with Gasteiger partial charge in [0, 0.05) is 5.56 Å². The van der Waals surface area contributed by atoms with Crippen molar-refractivity contribution in [3.05, 3.63) is 66.3 Å². The van der Waals surface area contributed by atoms with Gasteiger partial charge in [-0.25, -0.2) is 4.39 Å². The van der Waals surface area contributed by atoms with E-state index in [9.17, 15) is 8.78 Å².